The molecule has 0 radical (unpaired) electrons. The number of rotatable bonds is 2. The molecule has 3 fully saturated rings. The fraction of sp³-hybridized carbons (Fsp3) is 1.00. The van der Waals surface area contributed by atoms with Crippen LogP contribution in [0.15, 0.2) is 0 Å². The van der Waals surface area contributed by atoms with E-state index in [1.807, 2.05) is 0 Å². The molecule has 0 N–H and O–H groups in total. The summed E-state index contributed by atoms with van der Waals surface area (Å²) in [5.74, 6) is 0.957. The Hall–Kier alpha value is -0.120. The Kier molecular flexibility index (Phi) is 3.69. The van der Waals surface area contributed by atoms with Crippen molar-refractivity contribution in [3.63, 3.8) is 0 Å². The molecule has 98 valence electrons. The van der Waals surface area contributed by atoms with E-state index in [4.69, 9.17) is 4.74 Å². The lowest BCUT2D eigenvalue weighted by Crippen LogP contribution is -2.55. The third-order valence-electron chi connectivity index (χ3n) is 4.97. The van der Waals surface area contributed by atoms with Crippen LogP contribution in [-0.2, 0) is 4.74 Å². The van der Waals surface area contributed by atoms with Gasteiger partial charge in [-0.05, 0) is 44.7 Å². The maximum absolute atomic E-state index is 5.29. The molecule has 0 aromatic carbocycles. The van der Waals surface area contributed by atoms with Crippen molar-refractivity contribution >= 4 is 0 Å². The highest BCUT2D eigenvalue weighted by molar-refractivity contribution is 4.86. The summed E-state index contributed by atoms with van der Waals surface area (Å²) in [5.41, 5.74) is 0. The van der Waals surface area contributed by atoms with Crippen molar-refractivity contribution < 1.29 is 4.74 Å². The molecule has 17 heavy (non-hydrogen) atoms. The van der Waals surface area contributed by atoms with Gasteiger partial charge in [0.15, 0.2) is 0 Å². The van der Waals surface area contributed by atoms with Crippen molar-refractivity contribution in [3.8, 4) is 0 Å². The predicted molar refractivity (Wildman–Crippen MR) is 69.2 cm³/mol. The van der Waals surface area contributed by atoms with Gasteiger partial charge in [0.05, 0.1) is 19.3 Å². The summed E-state index contributed by atoms with van der Waals surface area (Å²) in [6.45, 7) is 9.64. The molecule has 3 aliphatic rings. The number of hydrogen-bond acceptors (Lipinski definition) is 3. The van der Waals surface area contributed by atoms with E-state index >= 15 is 0 Å². The Morgan fingerprint density at radius 3 is 1.82 bits per heavy atom. The minimum atomic E-state index is 0.748. The number of nitrogens with zero attached hydrogens (tertiary/aromatic N) is 2. The summed E-state index contributed by atoms with van der Waals surface area (Å²) in [6, 6.07) is 1.62. The summed E-state index contributed by atoms with van der Waals surface area (Å²) < 4.78 is 5.29. The van der Waals surface area contributed by atoms with E-state index in [1.54, 1.807) is 0 Å². The standard InChI is InChI=1S/C14H26N2O/c1-12-2-6-15(7-3-12)13-4-8-16(9-5-13)14-10-17-11-14/h12-14H,2-11H2,1H3. The molecule has 0 saturated carbocycles. The highest BCUT2D eigenvalue weighted by Crippen LogP contribution is 2.25. The number of ether oxygens (including phenoxy) is 1. The largest absolute Gasteiger partial charge is 0.378 e. The van der Waals surface area contributed by atoms with E-state index in [0.717, 1.165) is 31.2 Å². The zero-order chi connectivity index (χ0) is 11.7. The molecular weight excluding hydrogens is 212 g/mol. The molecule has 0 aliphatic carbocycles. The van der Waals surface area contributed by atoms with E-state index in [9.17, 15) is 0 Å². The summed E-state index contributed by atoms with van der Waals surface area (Å²) >= 11 is 0. The first-order chi connectivity index (χ1) is 8.33. The number of likely N-dealkylation sites (tertiary alicyclic amines) is 2. The second kappa shape index (κ2) is 5.25. The summed E-state index contributed by atoms with van der Waals surface area (Å²) in [4.78, 5) is 5.40. The molecule has 3 nitrogen and oxygen atoms in total. The molecule has 0 aromatic heterocycles. The van der Waals surface area contributed by atoms with E-state index in [0.29, 0.717) is 0 Å². The quantitative estimate of drug-likeness (QED) is 0.726. The van der Waals surface area contributed by atoms with E-state index in [-0.39, 0.29) is 0 Å². The topological polar surface area (TPSA) is 15.7 Å². The van der Waals surface area contributed by atoms with E-state index < -0.39 is 0 Å². The monoisotopic (exact) mass is 238 g/mol. The third kappa shape index (κ3) is 2.67. The molecule has 0 spiro atoms. The smallest absolute Gasteiger partial charge is 0.0645 e. The molecule has 0 atom stereocenters. The Morgan fingerprint density at radius 2 is 1.29 bits per heavy atom. The molecule has 3 heteroatoms. The average molecular weight is 238 g/mol. The SMILES string of the molecule is CC1CCN(C2CCN(C3COC3)CC2)CC1. The van der Waals surface area contributed by atoms with Crippen molar-refractivity contribution in [2.75, 3.05) is 39.4 Å². The van der Waals surface area contributed by atoms with Crippen LogP contribution in [-0.4, -0.2) is 61.3 Å². The van der Waals surface area contributed by atoms with E-state index in [1.165, 1.54) is 51.9 Å². The molecule has 0 amide bonds. The number of piperidine rings is 2. The zero-order valence-electron chi connectivity index (χ0n) is 11.1. The molecule has 0 unspecified atom stereocenters. The van der Waals surface area contributed by atoms with Crippen molar-refractivity contribution in [1.82, 2.24) is 9.80 Å². The maximum atomic E-state index is 5.29. The van der Waals surface area contributed by atoms with Gasteiger partial charge in [-0.15, -0.1) is 0 Å². The van der Waals surface area contributed by atoms with Gasteiger partial charge >= 0.3 is 0 Å². The van der Waals surface area contributed by atoms with Crippen molar-refractivity contribution in [2.24, 2.45) is 5.92 Å². The van der Waals surface area contributed by atoms with Gasteiger partial charge in [0, 0.05) is 19.1 Å². The van der Waals surface area contributed by atoms with Gasteiger partial charge in [-0.3, -0.25) is 4.90 Å². The predicted octanol–water partition coefficient (Wildman–Crippen LogP) is 1.58. The second-order valence-corrected chi connectivity index (χ2v) is 6.18. The summed E-state index contributed by atoms with van der Waals surface area (Å²) in [7, 11) is 0. The second-order valence-electron chi connectivity index (χ2n) is 6.18. The van der Waals surface area contributed by atoms with Crippen LogP contribution in [0.1, 0.15) is 32.6 Å². The van der Waals surface area contributed by atoms with Crippen LogP contribution in [0, 0.1) is 5.92 Å². The summed E-state index contributed by atoms with van der Waals surface area (Å²) in [6.07, 6.45) is 5.59. The molecular formula is C14H26N2O. The van der Waals surface area contributed by atoms with Crippen LogP contribution in [0.3, 0.4) is 0 Å². The Balaban J connectivity index is 1.44. The molecule has 3 rings (SSSR count). The van der Waals surface area contributed by atoms with Crippen LogP contribution in [0.2, 0.25) is 0 Å². The maximum Gasteiger partial charge on any atom is 0.0645 e. The van der Waals surface area contributed by atoms with Crippen LogP contribution in [0.4, 0.5) is 0 Å². The first-order valence-electron chi connectivity index (χ1n) is 7.39. The lowest BCUT2D eigenvalue weighted by molar-refractivity contribution is -0.0770. The average Bonchev–Trinajstić information content (AvgIpc) is 2.29. The van der Waals surface area contributed by atoms with Gasteiger partial charge in [0.1, 0.15) is 0 Å². The molecule has 3 heterocycles. The highest BCUT2D eigenvalue weighted by Gasteiger charge is 2.32. The molecule has 3 aliphatic heterocycles. The van der Waals surface area contributed by atoms with Crippen LogP contribution in [0.25, 0.3) is 0 Å². The van der Waals surface area contributed by atoms with Gasteiger partial charge < -0.3 is 9.64 Å². The fourth-order valence-electron chi connectivity index (χ4n) is 3.44. The van der Waals surface area contributed by atoms with Gasteiger partial charge in [-0.2, -0.15) is 0 Å². The fourth-order valence-corrected chi connectivity index (χ4v) is 3.44. The summed E-state index contributed by atoms with van der Waals surface area (Å²) in [5, 5.41) is 0. The highest BCUT2D eigenvalue weighted by atomic mass is 16.5. The van der Waals surface area contributed by atoms with Gasteiger partial charge in [0.2, 0.25) is 0 Å². The van der Waals surface area contributed by atoms with Crippen LogP contribution < -0.4 is 0 Å². The Morgan fingerprint density at radius 1 is 0.765 bits per heavy atom. The van der Waals surface area contributed by atoms with Crippen LogP contribution in [0.5, 0.6) is 0 Å². The first kappa shape index (κ1) is 11.9. The Bertz CT molecular complexity index is 239. The number of hydrogen-bond donors (Lipinski definition) is 0. The van der Waals surface area contributed by atoms with Gasteiger partial charge in [0.25, 0.3) is 0 Å². The normalized spacial score (nSPS) is 31.6. The first-order valence-corrected chi connectivity index (χ1v) is 7.39. The van der Waals surface area contributed by atoms with Crippen molar-refractivity contribution in [3.05, 3.63) is 0 Å². The van der Waals surface area contributed by atoms with E-state index in [2.05, 4.69) is 16.7 Å². The molecule has 0 bridgehead atoms. The minimum Gasteiger partial charge on any atom is -0.378 e. The molecule has 0 aromatic rings. The van der Waals surface area contributed by atoms with Gasteiger partial charge in [-0.1, -0.05) is 6.92 Å². The van der Waals surface area contributed by atoms with Crippen molar-refractivity contribution in [1.29, 1.82) is 0 Å². The lowest BCUT2D eigenvalue weighted by Gasteiger charge is -2.45. The third-order valence-corrected chi connectivity index (χ3v) is 4.97. The molecule has 3 saturated heterocycles. The van der Waals surface area contributed by atoms with Crippen LogP contribution >= 0.6 is 0 Å². The Labute approximate surface area is 105 Å². The van der Waals surface area contributed by atoms with Crippen molar-refractivity contribution in [2.45, 2.75) is 44.7 Å². The lowest BCUT2D eigenvalue weighted by atomic mass is 9.94. The minimum absolute atomic E-state index is 0.748. The van der Waals surface area contributed by atoms with Gasteiger partial charge in [-0.25, -0.2) is 0 Å². The zero-order valence-corrected chi connectivity index (χ0v) is 11.1.